The molecule has 0 fully saturated rings. The minimum atomic E-state index is -0.259. The Bertz CT molecular complexity index is 1540. The van der Waals surface area contributed by atoms with Crippen LogP contribution >= 0.6 is 11.3 Å². The number of hydrogen-bond donors (Lipinski definition) is 2. The maximum atomic E-state index is 13.1. The quantitative estimate of drug-likeness (QED) is 0.393. The highest BCUT2D eigenvalue weighted by molar-refractivity contribution is 7.13. The molecule has 0 saturated heterocycles. The molecule has 0 aliphatic heterocycles. The zero-order valence-electron chi connectivity index (χ0n) is 19.0. The van der Waals surface area contributed by atoms with Gasteiger partial charge in [0.15, 0.2) is 0 Å². The third-order valence-corrected chi connectivity index (χ3v) is 6.54. The Labute approximate surface area is 199 Å². The number of aromatic amines is 1. The van der Waals surface area contributed by atoms with E-state index in [9.17, 15) is 9.59 Å². The van der Waals surface area contributed by atoms with Gasteiger partial charge >= 0.3 is 5.69 Å². The van der Waals surface area contributed by atoms with Crippen molar-refractivity contribution in [2.75, 3.05) is 5.32 Å². The molecule has 0 radical (unpaired) electrons. The lowest BCUT2D eigenvalue weighted by Crippen LogP contribution is -2.28. The third-order valence-electron chi connectivity index (χ3n) is 5.61. The number of nitrogens with zero attached hydrogens (tertiary/aromatic N) is 5. The minimum Gasteiger partial charge on any atom is -0.325 e. The van der Waals surface area contributed by atoms with Crippen LogP contribution in [0.1, 0.15) is 22.6 Å². The first-order valence-corrected chi connectivity index (χ1v) is 11.6. The lowest BCUT2D eigenvalue weighted by Gasteiger charge is -2.08. The smallest absolute Gasteiger partial charge is 0.325 e. The van der Waals surface area contributed by atoms with Crippen LogP contribution in [0.4, 0.5) is 5.69 Å². The van der Waals surface area contributed by atoms with Crippen LogP contribution in [0.15, 0.2) is 52.9 Å². The fourth-order valence-corrected chi connectivity index (χ4v) is 4.83. The first-order chi connectivity index (χ1) is 16.4. The Kier molecular flexibility index (Phi) is 5.58. The number of carbonyl (C=O) groups excluding carboxylic acids is 1. The van der Waals surface area contributed by atoms with E-state index in [1.807, 2.05) is 55.6 Å². The molecule has 0 aliphatic rings. The largest absolute Gasteiger partial charge is 0.329 e. The molecule has 0 aliphatic carbocycles. The van der Waals surface area contributed by atoms with Crippen molar-refractivity contribution in [3.63, 3.8) is 0 Å². The number of fused-ring (bicyclic) bond motifs is 1. The Morgan fingerprint density at radius 2 is 1.94 bits per heavy atom. The van der Waals surface area contributed by atoms with E-state index in [1.54, 1.807) is 11.6 Å². The summed E-state index contributed by atoms with van der Waals surface area (Å²) in [5, 5.41) is 12.4. The normalized spacial score (nSPS) is 11.3. The molecule has 0 atom stereocenters. The van der Waals surface area contributed by atoms with Gasteiger partial charge in [-0.25, -0.2) is 14.8 Å². The molecule has 5 rings (SSSR count). The summed E-state index contributed by atoms with van der Waals surface area (Å²) in [7, 11) is 1.72. The average Bonchev–Trinajstić information content (AvgIpc) is 3.54. The monoisotopic (exact) mass is 473 g/mol. The molecular weight excluding hydrogens is 450 g/mol. The van der Waals surface area contributed by atoms with Crippen molar-refractivity contribution in [2.24, 2.45) is 7.05 Å². The first-order valence-electron chi connectivity index (χ1n) is 10.7. The number of hydrogen-bond acceptors (Lipinski definition) is 6. The van der Waals surface area contributed by atoms with E-state index in [2.05, 4.69) is 20.5 Å². The van der Waals surface area contributed by atoms with Crippen LogP contribution in [0.3, 0.4) is 0 Å². The van der Waals surface area contributed by atoms with Gasteiger partial charge in [0.1, 0.15) is 23.7 Å². The van der Waals surface area contributed by atoms with Crippen LogP contribution < -0.4 is 11.0 Å². The molecule has 3 heterocycles. The maximum absolute atomic E-state index is 13.1. The number of imidazole rings is 1. The molecule has 0 bridgehead atoms. The highest BCUT2D eigenvalue weighted by Crippen LogP contribution is 2.32. The van der Waals surface area contributed by atoms with E-state index >= 15 is 0 Å². The van der Waals surface area contributed by atoms with Crippen molar-refractivity contribution in [1.29, 1.82) is 0 Å². The van der Waals surface area contributed by atoms with Crippen LogP contribution in [0.25, 0.3) is 21.6 Å². The predicted molar refractivity (Wildman–Crippen MR) is 132 cm³/mol. The van der Waals surface area contributed by atoms with Crippen LogP contribution in [0.2, 0.25) is 0 Å². The van der Waals surface area contributed by atoms with Gasteiger partial charge in [0, 0.05) is 23.7 Å². The van der Waals surface area contributed by atoms with Crippen LogP contribution in [-0.4, -0.2) is 35.2 Å². The van der Waals surface area contributed by atoms with E-state index < -0.39 is 0 Å². The second-order valence-electron chi connectivity index (χ2n) is 8.28. The van der Waals surface area contributed by atoms with Crippen molar-refractivity contribution in [1.82, 2.24) is 29.3 Å². The van der Waals surface area contributed by atoms with Crippen molar-refractivity contribution in [3.05, 3.63) is 81.2 Å². The number of benzene rings is 2. The number of rotatable bonds is 6. The zero-order valence-corrected chi connectivity index (χ0v) is 19.8. The Hall–Kier alpha value is -4.05. The van der Waals surface area contributed by atoms with E-state index in [-0.39, 0.29) is 18.1 Å². The molecule has 172 valence electrons. The van der Waals surface area contributed by atoms with Gasteiger partial charge in [-0.3, -0.25) is 19.0 Å². The molecule has 1 amide bonds. The summed E-state index contributed by atoms with van der Waals surface area (Å²) in [6.07, 6.45) is 2.02. The summed E-state index contributed by atoms with van der Waals surface area (Å²) in [6, 6.07) is 11.5. The summed E-state index contributed by atoms with van der Waals surface area (Å²) in [4.78, 5) is 34.8. The molecule has 0 saturated carbocycles. The molecule has 3 aromatic heterocycles. The number of aryl methyl sites for hydroxylation is 3. The molecule has 0 unspecified atom stereocenters. The lowest BCUT2D eigenvalue weighted by atomic mass is 10.1. The molecule has 10 heteroatoms. The van der Waals surface area contributed by atoms with E-state index in [1.165, 1.54) is 22.2 Å². The number of anilines is 1. The summed E-state index contributed by atoms with van der Waals surface area (Å²) in [5.41, 5.74) is 5.72. The topological polar surface area (TPSA) is 110 Å². The van der Waals surface area contributed by atoms with Gasteiger partial charge in [-0.1, -0.05) is 17.7 Å². The van der Waals surface area contributed by atoms with Gasteiger partial charge in [0.05, 0.1) is 23.1 Å². The van der Waals surface area contributed by atoms with Gasteiger partial charge < -0.3 is 5.32 Å². The second kappa shape index (κ2) is 8.71. The van der Waals surface area contributed by atoms with Gasteiger partial charge in [-0.15, -0.1) is 11.3 Å². The highest BCUT2D eigenvalue weighted by Gasteiger charge is 2.20. The number of amides is 1. The Morgan fingerprint density at radius 1 is 1.15 bits per heavy atom. The minimum absolute atomic E-state index is 0.0818. The van der Waals surface area contributed by atoms with Crippen LogP contribution in [0.5, 0.6) is 0 Å². The Balaban J connectivity index is 1.50. The first kappa shape index (κ1) is 21.8. The number of H-pyrrole nitrogens is 1. The van der Waals surface area contributed by atoms with Crippen molar-refractivity contribution < 1.29 is 4.79 Å². The molecule has 9 nitrogen and oxygen atoms in total. The fourth-order valence-electron chi connectivity index (χ4n) is 3.99. The molecule has 2 N–H and O–H groups in total. The zero-order chi connectivity index (χ0) is 23.8. The fraction of sp³-hybridized carbons (Fsp3) is 0.208. The standard InChI is InChI=1S/C24H23N7O2S/c1-14-4-6-16(7-5-14)27-21(32)11-31-19-9-15(2)8-18(22(19)30(3)24(31)33)23-28-17(12-34-23)10-20-25-13-26-29-20/h4-9,12-13H,10-11H2,1-3H3,(H,27,32)(H,25,26,29). The van der Waals surface area contributed by atoms with Gasteiger partial charge in [0.2, 0.25) is 5.91 Å². The molecule has 2 aromatic carbocycles. The average molecular weight is 474 g/mol. The summed E-state index contributed by atoms with van der Waals surface area (Å²) in [6.45, 7) is 3.88. The number of nitrogens with one attached hydrogen (secondary N) is 2. The number of aromatic nitrogens is 6. The number of carbonyl (C=O) groups is 1. The van der Waals surface area contributed by atoms with E-state index in [0.717, 1.165) is 38.7 Å². The van der Waals surface area contributed by atoms with Crippen LogP contribution in [0, 0.1) is 13.8 Å². The van der Waals surface area contributed by atoms with Crippen molar-refractivity contribution in [2.45, 2.75) is 26.8 Å². The summed E-state index contributed by atoms with van der Waals surface area (Å²) in [5.74, 6) is 0.481. The lowest BCUT2D eigenvalue weighted by molar-refractivity contribution is -0.116. The van der Waals surface area contributed by atoms with Crippen molar-refractivity contribution in [3.8, 4) is 10.6 Å². The molecular formula is C24H23N7O2S. The molecule has 34 heavy (non-hydrogen) atoms. The Morgan fingerprint density at radius 3 is 2.68 bits per heavy atom. The van der Waals surface area contributed by atoms with Crippen molar-refractivity contribution >= 4 is 34.0 Å². The second-order valence-corrected chi connectivity index (χ2v) is 9.13. The van der Waals surface area contributed by atoms with E-state index in [4.69, 9.17) is 4.98 Å². The molecule has 0 spiro atoms. The van der Waals surface area contributed by atoms with Gasteiger partial charge in [0.25, 0.3) is 0 Å². The van der Waals surface area contributed by atoms with Gasteiger partial charge in [-0.2, -0.15) is 5.10 Å². The van der Waals surface area contributed by atoms with Gasteiger partial charge in [-0.05, 0) is 43.7 Å². The SMILES string of the molecule is Cc1ccc(NC(=O)Cn2c(=O)n(C)c3c(-c4nc(Cc5ncn[nH]5)cs4)cc(C)cc32)cc1. The molecule has 5 aromatic rings. The van der Waals surface area contributed by atoms with Crippen LogP contribution in [-0.2, 0) is 24.8 Å². The third kappa shape index (κ3) is 4.15. The van der Waals surface area contributed by atoms with E-state index in [0.29, 0.717) is 17.6 Å². The highest BCUT2D eigenvalue weighted by atomic mass is 32.1. The summed E-state index contributed by atoms with van der Waals surface area (Å²) < 4.78 is 3.10. The predicted octanol–water partition coefficient (Wildman–Crippen LogP) is 3.43. The maximum Gasteiger partial charge on any atom is 0.329 e. The number of thiazole rings is 1. The summed E-state index contributed by atoms with van der Waals surface area (Å²) >= 11 is 1.51.